The number of nitrogens with two attached hydrogens (primary N) is 1. The van der Waals surface area contributed by atoms with E-state index in [0.29, 0.717) is 0 Å². The summed E-state index contributed by atoms with van der Waals surface area (Å²) in [5.41, 5.74) is 8.59. The molecule has 84 valence electrons. The van der Waals surface area contributed by atoms with Gasteiger partial charge < -0.3 is 10.5 Å². The van der Waals surface area contributed by atoms with Crippen LogP contribution in [0.3, 0.4) is 0 Å². The topological polar surface area (TPSA) is 35.2 Å². The quantitative estimate of drug-likeness (QED) is 0.804. The SMILES string of the molecule is CCCCC(N)c1ccc(OC)cc1C. The summed E-state index contributed by atoms with van der Waals surface area (Å²) < 4.78 is 5.17. The van der Waals surface area contributed by atoms with Gasteiger partial charge in [0, 0.05) is 6.04 Å². The molecule has 0 saturated heterocycles. The van der Waals surface area contributed by atoms with Crippen LogP contribution in [0.15, 0.2) is 18.2 Å². The molecule has 15 heavy (non-hydrogen) atoms. The molecule has 0 saturated carbocycles. The van der Waals surface area contributed by atoms with Crippen molar-refractivity contribution in [3.63, 3.8) is 0 Å². The Kier molecular flexibility index (Phi) is 4.63. The Morgan fingerprint density at radius 1 is 1.40 bits per heavy atom. The minimum atomic E-state index is 0.163. The normalized spacial score (nSPS) is 12.5. The number of aryl methyl sites for hydroxylation is 1. The molecular formula is C13H21NO. The number of ether oxygens (including phenoxy) is 1. The lowest BCUT2D eigenvalue weighted by molar-refractivity contribution is 0.414. The van der Waals surface area contributed by atoms with E-state index in [9.17, 15) is 0 Å². The number of unbranched alkanes of at least 4 members (excludes halogenated alkanes) is 1. The van der Waals surface area contributed by atoms with Gasteiger partial charge in [-0.15, -0.1) is 0 Å². The standard InChI is InChI=1S/C13H21NO/c1-4-5-6-13(14)12-8-7-11(15-3)9-10(12)2/h7-9,13H,4-6,14H2,1-3H3. The van der Waals surface area contributed by atoms with Crippen LogP contribution in [0.5, 0.6) is 5.75 Å². The molecule has 2 heteroatoms. The molecule has 1 unspecified atom stereocenters. The Balaban J connectivity index is 2.76. The van der Waals surface area contributed by atoms with E-state index in [1.807, 2.05) is 12.1 Å². The lowest BCUT2D eigenvalue weighted by atomic mass is 9.97. The van der Waals surface area contributed by atoms with Crippen LogP contribution < -0.4 is 10.5 Å². The zero-order valence-electron chi connectivity index (χ0n) is 9.92. The number of rotatable bonds is 5. The fourth-order valence-corrected chi connectivity index (χ4v) is 1.77. The highest BCUT2D eigenvalue weighted by Crippen LogP contribution is 2.24. The molecule has 0 aliphatic rings. The van der Waals surface area contributed by atoms with Crippen LogP contribution in [0.2, 0.25) is 0 Å². The lowest BCUT2D eigenvalue weighted by Crippen LogP contribution is -2.11. The van der Waals surface area contributed by atoms with Gasteiger partial charge in [0.2, 0.25) is 0 Å². The van der Waals surface area contributed by atoms with Gasteiger partial charge in [-0.3, -0.25) is 0 Å². The van der Waals surface area contributed by atoms with Gasteiger partial charge in [-0.05, 0) is 36.6 Å². The summed E-state index contributed by atoms with van der Waals surface area (Å²) >= 11 is 0. The Labute approximate surface area is 92.4 Å². The van der Waals surface area contributed by atoms with E-state index in [4.69, 9.17) is 10.5 Å². The Morgan fingerprint density at radius 2 is 2.13 bits per heavy atom. The van der Waals surface area contributed by atoms with Crippen LogP contribution in [0.25, 0.3) is 0 Å². The number of methoxy groups -OCH3 is 1. The second-order valence-electron chi connectivity index (χ2n) is 3.97. The third-order valence-corrected chi connectivity index (χ3v) is 2.75. The van der Waals surface area contributed by atoms with Crippen LogP contribution in [-0.2, 0) is 0 Å². The zero-order chi connectivity index (χ0) is 11.3. The molecule has 1 atom stereocenters. The summed E-state index contributed by atoms with van der Waals surface area (Å²) in [6.45, 7) is 4.28. The van der Waals surface area contributed by atoms with Crippen molar-refractivity contribution in [2.75, 3.05) is 7.11 Å². The molecule has 1 aromatic carbocycles. The summed E-state index contributed by atoms with van der Waals surface area (Å²) in [5.74, 6) is 0.902. The third-order valence-electron chi connectivity index (χ3n) is 2.75. The first-order chi connectivity index (χ1) is 7.19. The molecule has 2 nitrogen and oxygen atoms in total. The van der Waals surface area contributed by atoms with Crippen molar-refractivity contribution in [2.45, 2.75) is 39.2 Å². The minimum absolute atomic E-state index is 0.163. The first kappa shape index (κ1) is 12.1. The van der Waals surface area contributed by atoms with Gasteiger partial charge in [0.1, 0.15) is 5.75 Å². The predicted octanol–water partition coefficient (Wildman–Crippen LogP) is 3.19. The third kappa shape index (κ3) is 3.24. The highest BCUT2D eigenvalue weighted by atomic mass is 16.5. The Morgan fingerprint density at radius 3 is 2.67 bits per heavy atom. The largest absolute Gasteiger partial charge is 0.497 e. The van der Waals surface area contributed by atoms with Crippen LogP contribution in [0.4, 0.5) is 0 Å². The fourth-order valence-electron chi connectivity index (χ4n) is 1.77. The molecule has 0 aromatic heterocycles. The zero-order valence-corrected chi connectivity index (χ0v) is 9.92. The van der Waals surface area contributed by atoms with Crippen molar-refractivity contribution >= 4 is 0 Å². The minimum Gasteiger partial charge on any atom is -0.497 e. The predicted molar refractivity (Wildman–Crippen MR) is 64.2 cm³/mol. The average molecular weight is 207 g/mol. The van der Waals surface area contributed by atoms with Gasteiger partial charge in [-0.25, -0.2) is 0 Å². The van der Waals surface area contributed by atoms with Crippen molar-refractivity contribution in [3.05, 3.63) is 29.3 Å². The average Bonchev–Trinajstić information content (AvgIpc) is 2.25. The summed E-state index contributed by atoms with van der Waals surface area (Å²) in [5, 5.41) is 0. The van der Waals surface area contributed by atoms with E-state index in [0.717, 1.165) is 12.2 Å². The summed E-state index contributed by atoms with van der Waals surface area (Å²) in [6.07, 6.45) is 3.44. The van der Waals surface area contributed by atoms with Gasteiger partial charge in [0.25, 0.3) is 0 Å². The van der Waals surface area contributed by atoms with Crippen LogP contribution in [-0.4, -0.2) is 7.11 Å². The first-order valence-electron chi connectivity index (χ1n) is 5.59. The summed E-state index contributed by atoms with van der Waals surface area (Å²) in [4.78, 5) is 0. The van der Waals surface area contributed by atoms with Crippen molar-refractivity contribution in [1.82, 2.24) is 0 Å². The highest BCUT2D eigenvalue weighted by Gasteiger charge is 2.08. The van der Waals surface area contributed by atoms with Gasteiger partial charge in [0.05, 0.1) is 7.11 Å². The van der Waals surface area contributed by atoms with E-state index < -0.39 is 0 Å². The van der Waals surface area contributed by atoms with Gasteiger partial charge in [-0.1, -0.05) is 25.8 Å². The van der Waals surface area contributed by atoms with Crippen molar-refractivity contribution in [3.8, 4) is 5.75 Å². The maximum atomic E-state index is 6.13. The smallest absolute Gasteiger partial charge is 0.119 e. The number of hydrogen-bond donors (Lipinski definition) is 1. The van der Waals surface area contributed by atoms with E-state index in [2.05, 4.69) is 19.9 Å². The molecular weight excluding hydrogens is 186 g/mol. The second-order valence-corrected chi connectivity index (χ2v) is 3.97. The Hall–Kier alpha value is -1.02. The van der Waals surface area contributed by atoms with Gasteiger partial charge >= 0.3 is 0 Å². The van der Waals surface area contributed by atoms with E-state index in [1.54, 1.807) is 7.11 Å². The van der Waals surface area contributed by atoms with E-state index in [-0.39, 0.29) is 6.04 Å². The molecule has 0 fully saturated rings. The molecule has 0 bridgehead atoms. The maximum Gasteiger partial charge on any atom is 0.119 e. The molecule has 0 aliphatic carbocycles. The number of benzene rings is 1. The van der Waals surface area contributed by atoms with E-state index in [1.165, 1.54) is 24.0 Å². The fraction of sp³-hybridized carbons (Fsp3) is 0.538. The molecule has 0 spiro atoms. The summed E-state index contributed by atoms with van der Waals surface area (Å²) in [6, 6.07) is 6.26. The van der Waals surface area contributed by atoms with Crippen LogP contribution in [0, 0.1) is 6.92 Å². The monoisotopic (exact) mass is 207 g/mol. The molecule has 1 aromatic rings. The summed E-state index contributed by atoms with van der Waals surface area (Å²) in [7, 11) is 1.69. The lowest BCUT2D eigenvalue weighted by Gasteiger charge is -2.15. The van der Waals surface area contributed by atoms with Crippen molar-refractivity contribution in [1.29, 1.82) is 0 Å². The first-order valence-corrected chi connectivity index (χ1v) is 5.59. The van der Waals surface area contributed by atoms with Gasteiger partial charge in [0.15, 0.2) is 0 Å². The molecule has 2 N–H and O–H groups in total. The van der Waals surface area contributed by atoms with E-state index >= 15 is 0 Å². The van der Waals surface area contributed by atoms with Crippen LogP contribution >= 0.6 is 0 Å². The van der Waals surface area contributed by atoms with Gasteiger partial charge in [-0.2, -0.15) is 0 Å². The Bertz CT molecular complexity index is 309. The molecule has 0 aliphatic heterocycles. The molecule has 0 amide bonds. The van der Waals surface area contributed by atoms with Crippen molar-refractivity contribution in [2.24, 2.45) is 5.73 Å². The molecule has 1 rings (SSSR count). The number of hydrogen-bond acceptors (Lipinski definition) is 2. The highest BCUT2D eigenvalue weighted by molar-refractivity contribution is 5.36. The molecule has 0 heterocycles. The van der Waals surface area contributed by atoms with Crippen LogP contribution in [0.1, 0.15) is 43.4 Å². The molecule has 0 radical (unpaired) electrons. The van der Waals surface area contributed by atoms with Crippen molar-refractivity contribution < 1.29 is 4.74 Å². The maximum absolute atomic E-state index is 6.13. The second kappa shape index (κ2) is 5.76.